The molecule has 0 N–H and O–H groups in total. The summed E-state index contributed by atoms with van der Waals surface area (Å²) < 4.78 is 18.0. The van der Waals surface area contributed by atoms with Gasteiger partial charge < -0.3 is 4.42 Å². The van der Waals surface area contributed by atoms with Crippen LogP contribution in [-0.2, 0) is 0 Å². The van der Waals surface area contributed by atoms with E-state index in [2.05, 4.69) is 18.8 Å². The number of furan rings is 1. The SMILES string of the molecule is CCCCC#C/C(F)=C\c1ccco1. The first kappa shape index (κ1) is 10.6. The van der Waals surface area contributed by atoms with Crippen LogP contribution in [0.25, 0.3) is 6.08 Å². The highest BCUT2D eigenvalue weighted by molar-refractivity contribution is 5.50. The zero-order valence-corrected chi connectivity index (χ0v) is 8.22. The summed E-state index contributed by atoms with van der Waals surface area (Å²) in [6, 6.07) is 3.40. The van der Waals surface area contributed by atoms with E-state index in [1.165, 1.54) is 12.3 Å². The van der Waals surface area contributed by atoms with Crippen molar-refractivity contribution in [3.63, 3.8) is 0 Å². The van der Waals surface area contributed by atoms with Gasteiger partial charge in [-0.15, -0.1) is 0 Å². The molecule has 0 fully saturated rings. The van der Waals surface area contributed by atoms with Gasteiger partial charge in [-0.25, -0.2) is 0 Å². The lowest BCUT2D eigenvalue weighted by Crippen LogP contribution is -1.70. The minimum Gasteiger partial charge on any atom is -0.465 e. The van der Waals surface area contributed by atoms with Crippen LogP contribution in [0, 0.1) is 11.8 Å². The molecule has 0 aliphatic rings. The largest absolute Gasteiger partial charge is 0.465 e. The van der Waals surface area contributed by atoms with Crippen molar-refractivity contribution in [2.24, 2.45) is 0 Å². The molecule has 0 aromatic carbocycles. The Morgan fingerprint density at radius 1 is 1.64 bits per heavy atom. The monoisotopic (exact) mass is 192 g/mol. The summed E-state index contributed by atoms with van der Waals surface area (Å²) in [5.41, 5.74) is 0. The molecule has 1 heterocycles. The summed E-state index contributed by atoms with van der Waals surface area (Å²) in [5, 5.41) is 0. The molecule has 0 bridgehead atoms. The molecule has 1 rings (SSSR count). The average Bonchev–Trinajstić information content (AvgIpc) is 2.65. The van der Waals surface area contributed by atoms with Gasteiger partial charge in [-0.3, -0.25) is 0 Å². The van der Waals surface area contributed by atoms with Crippen molar-refractivity contribution in [3.05, 3.63) is 30.0 Å². The molecule has 0 aliphatic carbocycles. The topological polar surface area (TPSA) is 13.1 Å². The second-order valence-electron chi connectivity index (χ2n) is 2.91. The van der Waals surface area contributed by atoms with Crippen LogP contribution in [0.3, 0.4) is 0 Å². The fourth-order valence-corrected chi connectivity index (χ4v) is 0.946. The van der Waals surface area contributed by atoms with Crippen LogP contribution in [0.5, 0.6) is 0 Å². The number of hydrogen-bond acceptors (Lipinski definition) is 1. The Hall–Kier alpha value is -1.49. The van der Waals surface area contributed by atoms with E-state index in [-0.39, 0.29) is 0 Å². The van der Waals surface area contributed by atoms with E-state index in [0.717, 1.165) is 19.3 Å². The molecule has 74 valence electrons. The van der Waals surface area contributed by atoms with Gasteiger partial charge in [0, 0.05) is 12.5 Å². The standard InChI is InChI=1S/C12H13FO/c1-2-3-4-5-7-11(13)10-12-8-6-9-14-12/h6,8-10H,2-4H2,1H3/b11-10+. The molecule has 0 unspecified atom stereocenters. The van der Waals surface area contributed by atoms with Crippen LogP contribution < -0.4 is 0 Å². The Morgan fingerprint density at radius 3 is 3.14 bits per heavy atom. The Morgan fingerprint density at radius 2 is 2.50 bits per heavy atom. The lowest BCUT2D eigenvalue weighted by molar-refractivity contribution is 0.554. The number of rotatable bonds is 3. The van der Waals surface area contributed by atoms with Crippen molar-refractivity contribution >= 4 is 6.08 Å². The predicted octanol–water partition coefficient (Wildman–Crippen LogP) is 3.78. The number of unbranched alkanes of at least 4 members (excludes halogenated alkanes) is 2. The van der Waals surface area contributed by atoms with Gasteiger partial charge in [0.15, 0.2) is 5.83 Å². The first-order valence-corrected chi connectivity index (χ1v) is 4.72. The number of halogens is 1. The van der Waals surface area contributed by atoms with Crippen molar-refractivity contribution in [2.75, 3.05) is 0 Å². The van der Waals surface area contributed by atoms with Crippen molar-refractivity contribution in [1.29, 1.82) is 0 Å². The highest BCUT2D eigenvalue weighted by atomic mass is 19.1. The van der Waals surface area contributed by atoms with Crippen LogP contribution in [0.4, 0.5) is 4.39 Å². The second-order valence-corrected chi connectivity index (χ2v) is 2.91. The van der Waals surface area contributed by atoms with Gasteiger partial charge in [0.1, 0.15) is 5.76 Å². The zero-order valence-electron chi connectivity index (χ0n) is 8.22. The molecule has 0 atom stereocenters. The van der Waals surface area contributed by atoms with E-state index in [0.29, 0.717) is 5.76 Å². The average molecular weight is 192 g/mol. The van der Waals surface area contributed by atoms with E-state index in [1.54, 1.807) is 12.1 Å². The van der Waals surface area contributed by atoms with Crippen molar-refractivity contribution < 1.29 is 8.81 Å². The maximum absolute atomic E-state index is 13.0. The van der Waals surface area contributed by atoms with E-state index < -0.39 is 5.83 Å². The molecule has 1 aromatic heterocycles. The molecule has 0 aliphatic heterocycles. The summed E-state index contributed by atoms with van der Waals surface area (Å²) in [7, 11) is 0. The molecule has 2 heteroatoms. The summed E-state index contributed by atoms with van der Waals surface area (Å²) in [6.07, 6.45) is 5.64. The van der Waals surface area contributed by atoms with Gasteiger partial charge in [-0.1, -0.05) is 19.3 Å². The first-order chi connectivity index (χ1) is 6.83. The van der Waals surface area contributed by atoms with E-state index >= 15 is 0 Å². The van der Waals surface area contributed by atoms with Gasteiger partial charge >= 0.3 is 0 Å². The molecule has 0 spiro atoms. The minimum atomic E-state index is -0.448. The fourth-order valence-electron chi connectivity index (χ4n) is 0.946. The molecule has 1 aromatic rings. The van der Waals surface area contributed by atoms with Crippen LogP contribution in [0.2, 0.25) is 0 Å². The Bertz CT molecular complexity index is 338. The van der Waals surface area contributed by atoms with Gasteiger partial charge in [0.2, 0.25) is 0 Å². The molecule has 14 heavy (non-hydrogen) atoms. The molecular formula is C12H13FO. The Labute approximate surface area is 83.6 Å². The Kier molecular flexibility index (Phi) is 4.57. The smallest absolute Gasteiger partial charge is 0.176 e. The molecule has 0 amide bonds. The summed E-state index contributed by atoms with van der Waals surface area (Å²) in [4.78, 5) is 0. The first-order valence-electron chi connectivity index (χ1n) is 4.72. The van der Waals surface area contributed by atoms with Gasteiger partial charge in [0.05, 0.1) is 6.26 Å². The van der Waals surface area contributed by atoms with Crippen LogP contribution in [-0.4, -0.2) is 0 Å². The summed E-state index contributed by atoms with van der Waals surface area (Å²) >= 11 is 0. The van der Waals surface area contributed by atoms with Crippen LogP contribution in [0.15, 0.2) is 28.6 Å². The molecule has 1 nitrogen and oxygen atoms in total. The molecular weight excluding hydrogens is 179 g/mol. The summed E-state index contributed by atoms with van der Waals surface area (Å²) in [5.74, 6) is 5.25. The third kappa shape index (κ3) is 3.95. The van der Waals surface area contributed by atoms with Crippen LogP contribution in [0.1, 0.15) is 31.9 Å². The number of hydrogen-bond donors (Lipinski definition) is 0. The van der Waals surface area contributed by atoms with Gasteiger partial charge in [-0.2, -0.15) is 4.39 Å². The van der Waals surface area contributed by atoms with Crippen LogP contribution >= 0.6 is 0 Å². The summed E-state index contributed by atoms with van der Waals surface area (Å²) in [6.45, 7) is 2.08. The molecule has 0 saturated heterocycles. The third-order valence-electron chi connectivity index (χ3n) is 1.68. The van der Waals surface area contributed by atoms with Gasteiger partial charge in [0.25, 0.3) is 0 Å². The second kappa shape index (κ2) is 6.04. The van der Waals surface area contributed by atoms with Gasteiger partial charge in [-0.05, 0) is 24.5 Å². The number of allylic oxidation sites excluding steroid dienone is 1. The molecule has 0 saturated carbocycles. The van der Waals surface area contributed by atoms with Crippen molar-refractivity contribution in [2.45, 2.75) is 26.2 Å². The van der Waals surface area contributed by atoms with E-state index in [9.17, 15) is 4.39 Å². The lowest BCUT2D eigenvalue weighted by Gasteiger charge is -1.85. The lowest BCUT2D eigenvalue weighted by atomic mass is 10.2. The van der Waals surface area contributed by atoms with E-state index in [1.807, 2.05) is 0 Å². The van der Waals surface area contributed by atoms with Crippen molar-refractivity contribution in [3.8, 4) is 11.8 Å². The Balaban J connectivity index is 2.47. The predicted molar refractivity (Wildman–Crippen MR) is 55.1 cm³/mol. The molecule has 0 radical (unpaired) electrons. The van der Waals surface area contributed by atoms with E-state index in [4.69, 9.17) is 4.42 Å². The maximum Gasteiger partial charge on any atom is 0.176 e. The van der Waals surface area contributed by atoms with Crippen molar-refractivity contribution in [1.82, 2.24) is 0 Å². The minimum absolute atomic E-state index is 0.448. The fraction of sp³-hybridized carbons (Fsp3) is 0.333. The maximum atomic E-state index is 13.0. The zero-order chi connectivity index (χ0) is 10.2. The quantitative estimate of drug-likeness (QED) is 0.524. The highest BCUT2D eigenvalue weighted by Crippen LogP contribution is 2.07. The highest BCUT2D eigenvalue weighted by Gasteiger charge is 1.92. The normalized spacial score (nSPS) is 10.9. The third-order valence-corrected chi connectivity index (χ3v) is 1.68.